The summed E-state index contributed by atoms with van der Waals surface area (Å²) in [5, 5.41) is 2.61. The first-order chi connectivity index (χ1) is 10.8. The minimum atomic E-state index is -1.76. The van der Waals surface area contributed by atoms with Gasteiger partial charge in [0.25, 0.3) is 0 Å². The summed E-state index contributed by atoms with van der Waals surface area (Å²) >= 11 is 0. The fourth-order valence-corrected chi connectivity index (χ4v) is 6.68. The van der Waals surface area contributed by atoms with Gasteiger partial charge in [0, 0.05) is 0 Å². The zero-order valence-corrected chi connectivity index (χ0v) is 15.4. The van der Waals surface area contributed by atoms with Crippen LogP contribution in [0.3, 0.4) is 0 Å². The molecule has 2 aromatic carbocycles. The van der Waals surface area contributed by atoms with Gasteiger partial charge < -0.3 is 17.0 Å². The SMILES string of the molecule is C[P+](c1ccccc1)(c1ccccc1)C1C=CC=CC1=C=O.[Br-]. The van der Waals surface area contributed by atoms with E-state index >= 15 is 0 Å². The second-order valence-electron chi connectivity index (χ2n) is 5.49. The second-order valence-corrected chi connectivity index (χ2v) is 9.23. The molecule has 0 saturated carbocycles. The molecule has 0 amide bonds. The molecule has 1 nitrogen and oxygen atoms in total. The van der Waals surface area contributed by atoms with E-state index in [2.05, 4.69) is 67.2 Å². The van der Waals surface area contributed by atoms with E-state index in [1.807, 2.05) is 30.4 Å². The average Bonchev–Trinajstić information content (AvgIpc) is 2.62. The van der Waals surface area contributed by atoms with Gasteiger partial charge >= 0.3 is 0 Å². The van der Waals surface area contributed by atoms with Crippen molar-refractivity contribution in [2.45, 2.75) is 5.66 Å². The van der Waals surface area contributed by atoms with Crippen molar-refractivity contribution in [1.82, 2.24) is 0 Å². The molecule has 2 aromatic rings. The Hall–Kier alpha value is -1.72. The van der Waals surface area contributed by atoms with E-state index in [1.54, 1.807) is 0 Å². The summed E-state index contributed by atoms with van der Waals surface area (Å²) < 4.78 is 0. The summed E-state index contributed by atoms with van der Waals surface area (Å²) in [4.78, 5) is 11.5. The highest BCUT2D eigenvalue weighted by molar-refractivity contribution is 7.89. The van der Waals surface area contributed by atoms with Gasteiger partial charge in [-0.25, -0.2) is 4.79 Å². The molecule has 1 unspecified atom stereocenters. The third-order valence-electron chi connectivity index (χ3n) is 4.26. The number of rotatable bonds is 3. The molecular formula is C20H18BrOP. The summed E-state index contributed by atoms with van der Waals surface area (Å²) in [6.07, 6.45) is 7.99. The van der Waals surface area contributed by atoms with E-state index in [-0.39, 0.29) is 22.6 Å². The number of hydrogen-bond acceptors (Lipinski definition) is 1. The quantitative estimate of drug-likeness (QED) is 0.557. The Balaban J connectivity index is 0.00000192. The van der Waals surface area contributed by atoms with Crippen LogP contribution in [0.25, 0.3) is 0 Å². The summed E-state index contributed by atoms with van der Waals surface area (Å²) in [5.74, 6) is 2.16. The Labute approximate surface area is 148 Å². The standard InChI is InChI=1S/C20H18OP.BrH/c1-22(18-11-4-2-5-12-18,19-13-6-3-7-14-19)20-15-9-8-10-17(20)16-21;/h2-15,20H,1H3;1H/q+1;/p-1. The zero-order valence-electron chi connectivity index (χ0n) is 12.9. The van der Waals surface area contributed by atoms with Crippen molar-refractivity contribution in [3.05, 3.63) is 90.5 Å². The first-order valence-electron chi connectivity index (χ1n) is 7.34. The van der Waals surface area contributed by atoms with Crippen LogP contribution in [-0.4, -0.2) is 18.3 Å². The Bertz CT molecular complexity index is 719. The fourth-order valence-electron chi connectivity index (χ4n) is 3.02. The molecule has 0 aromatic heterocycles. The maximum absolute atomic E-state index is 11.5. The van der Waals surface area contributed by atoms with Crippen LogP contribution in [0.1, 0.15) is 0 Å². The van der Waals surface area contributed by atoms with Crippen LogP contribution in [-0.2, 0) is 4.79 Å². The first-order valence-corrected chi connectivity index (χ1v) is 9.64. The summed E-state index contributed by atoms with van der Waals surface area (Å²) in [5.41, 5.74) is 0.825. The molecular weight excluding hydrogens is 367 g/mol. The number of halogens is 1. The molecule has 1 atom stereocenters. The lowest BCUT2D eigenvalue weighted by Crippen LogP contribution is -3.00. The molecule has 3 heteroatoms. The Kier molecular flexibility index (Phi) is 5.91. The van der Waals surface area contributed by atoms with Crippen molar-refractivity contribution >= 4 is 23.8 Å². The molecule has 0 fully saturated rings. The summed E-state index contributed by atoms with van der Waals surface area (Å²) in [6, 6.07) is 21.1. The van der Waals surface area contributed by atoms with Crippen molar-refractivity contribution in [2.24, 2.45) is 0 Å². The predicted octanol–water partition coefficient (Wildman–Crippen LogP) is 0.541. The molecule has 1 aliphatic carbocycles. The lowest BCUT2D eigenvalue weighted by molar-refractivity contribution is -0.00000533. The highest BCUT2D eigenvalue weighted by Gasteiger charge is 2.46. The smallest absolute Gasteiger partial charge is 0.132 e. The van der Waals surface area contributed by atoms with Crippen LogP contribution in [0.2, 0.25) is 0 Å². The molecule has 0 radical (unpaired) electrons. The lowest BCUT2D eigenvalue weighted by atomic mass is 10.1. The van der Waals surface area contributed by atoms with E-state index < -0.39 is 7.26 Å². The van der Waals surface area contributed by atoms with Crippen LogP contribution >= 0.6 is 7.26 Å². The maximum Gasteiger partial charge on any atom is 0.132 e. The van der Waals surface area contributed by atoms with Gasteiger partial charge in [-0.3, -0.25) is 0 Å². The van der Waals surface area contributed by atoms with Gasteiger partial charge in [-0.1, -0.05) is 48.6 Å². The molecule has 0 N–H and O–H groups in total. The van der Waals surface area contributed by atoms with Crippen LogP contribution in [0, 0.1) is 0 Å². The number of carbonyl (C=O) groups excluding carboxylic acids is 1. The van der Waals surface area contributed by atoms with Crippen molar-refractivity contribution < 1.29 is 21.8 Å². The fraction of sp³-hybridized carbons (Fsp3) is 0.100. The van der Waals surface area contributed by atoms with E-state index in [4.69, 9.17) is 0 Å². The van der Waals surface area contributed by atoms with E-state index in [1.165, 1.54) is 10.6 Å². The molecule has 1 aliphatic rings. The highest BCUT2D eigenvalue weighted by Crippen LogP contribution is 2.60. The van der Waals surface area contributed by atoms with Crippen molar-refractivity contribution in [2.75, 3.05) is 6.66 Å². The van der Waals surface area contributed by atoms with Gasteiger partial charge in [-0.2, -0.15) is 0 Å². The minimum absolute atomic E-state index is 0. The van der Waals surface area contributed by atoms with Crippen molar-refractivity contribution in [3.63, 3.8) is 0 Å². The lowest BCUT2D eigenvalue weighted by Gasteiger charge is -2.30. The molecule has 3 rings (SSSR count). The van der Waals surface area contributed by atoms with Crippen molar-refractivity contribution in [3.8, 4) is 0 Å². The second kappa shape index (κ2) is 7.70. The number of hydrogen-bond donors (Lipinski definition) is 0. The Morgan fingerprint density at radius 2 is 1.39 bits per heavy atom. The first kappa shape index (κ1) is 17.6. The third kappa shape index (κ3) is 3.31. The van der Waals surface area contributed by atoms with Crippen LogP contribution < -0.4 is 27.6 Å². The van der Waals surface area contributed by atoms with Gasteiger partial charge in [0.1, 0.15) is 11.6 Å². The number of benzene rings is 2. The maximum atomic E-state index is 11.5. The zero-order chi connectivity index (χ0) is 15.4. The van der Waals surface area contributed by atoms with E-state index in [9.17, 15) is 4.79 Å². The van der Waals surface area contributed by atoms with Crippen molar-refractivity contribution in [1.29, 1.82) is 0 Å². The topological polar surface area (TPSA) is 17.1 Å². The Morgan fingerprint density at radius 3 is 1.87 bits per heavy atom. The summed E-state index contributed by atoms with van der Waals surface area (Å²) in [6.45, 7) is 2.31. The predicted molar refractivity (Wildman–Crippen MR) is 96.3 cm³/mol. The summed E-state index contributed by atoms with van der Waals surface area (Å²) in [7, 11) is -1.76. The van der Waals surface area contributed by atoms with Gasteiger partial charge in [-0.05, 0) is 36.4 Å². The Morgan fingerprint density at radius 1 is 0.870 bits per heavy atom. The monoisotopic (exact) mass is 384 g/mol. The highest BCUT2D eigenvalue weighted by atomic mass is 79.9. The van der Waals surface area contributed by atoms with Gasteiger partial charge in [0.05, 0.1) is 30.1 Å². The van der Waals surface area contributed by atoms with E-state index in [0.717, 1.165) is 5.57 Å². The molecule has 0 aliphatic heterocycles. The molecule has 0 heterocycles. The molecule has 23 heavy (non-hydrogen) atoms. The largest absolute Gasteiger partial charge is 1.00 e. The van der Waals surface area contributed by atoms with Gasteiger partial charge in [-0.15, -0.1) is 0 Å². The van der Waals surface area contributed by atoms with Crippen LogP contribution in [0.4, 0.5) is 0 Å². The molecule has 116 valence electrons. The number of allylic oxidation sites excluding steroid dienone is 5. The van der Waals surface area contributed by atoms with Gasteiger partial charge in [0.2, 0.25) is 0 Å². The minimum Gasteiger partial charge on any atom is -1.00 e. The molecule has 0 saturated heterocycles. The molecule has 0 spiro atoms. The normalized spacial score (nSPS) is 16.6. The average molecular weight is 385 g/mol. The molecule has 0 bridgehead atoms. The van der Waals surface area contributed by atoms with E-state index in [0.29, 0.717) is 0 Å². The third-order valence-corrected chi connectivity index (χ3v) is 8.56. The van der Waals surface area contributed by atoms with Crippen LogP contribution in [0.15, 0.2) is 90.5 Å². The van der Waals surface area contributed by atoms with Gasteiger partial charge in [0.15, 0.2) is 0 Å². The van der Waals surface area contributed by atoms with Crippen LogP contribution in [0.5, 0.6) is 0 Å².